The lowest BCUT2D eigenvalue weighted by Gasteiger charge is -2.10. The second-order valence-electron chi connectivity index (χ2n) is 3.87. The zero-order chi connectivity index (χ0) is 13.6. The molecular weight excluding hydrogens is 236 g/mol. The summed E-state index contributed by atoms with van der Waals surface area (Å²) in [5.74, 6) is -0.454. The Hall–Kier alpha value is -0.910. The number of hydrogen-bond acceptors (Lipinski definition) is 5. The van der Waals surface area contributed by atoms with Gasteiger partial charge in [0.15, 0.2) is 0 Å². The van der Waals surface area contributed by atoms with E-state index in [2.05, 4.69) is 13.5 Å². The summed E-state index contributed by atoms with van der Waals surface area (Å²) in [7, 11) is 0. The molecule has 5 heteroatoms. The predicted molar refractivity (Wildman–Crippen MR) is 68.3 cm³/mol. The minimum absolute atomic E-state index is 0.0649. The fourth-order valence-electron chi connectivity index (χ4n) is 1.15. The summed E-state index contributed by atoms with van der Waals surface area (Å²) < 4.78 is 15.2. The molecule has 5 nitrogen and oxygen atoms in total. The van der Waals surface area contributed by atoms with Crippen molar-refractivity contribution in [2.24, 2.45) is 0 Å². The molecule has 0 aromatic heterocycles. The van der Waals surface area contributed by atoms with E-state index < -0.39 is 12.1 Å². The van der Waals surface area contributed by atoms with Crippen molar-refractivity contribution in [1.82, 2.24) is 0 Å². The van der Waals surface area contributed by atoms with E-state index in [9.17, 15) is 9.90 Å². The highest BCUT2D eigenvalue weighted by molar-refractivity contribution is 5.70. The summed E-state index contributed by atoms with van der Waals surface area (Å²) in [6, 6.07) is 0. The molecule has 0 saturated carbocycles. The van der Waals surface area contributed by atoms with Crippen LogP contribution in [0.1, 0.15) is 26.2 Å². The van der Waals surface area contributed by atoms with Crippen LogP contribution in [0.2, 0.25) is 0 Å². The minimum atomic E-state index is -0.835. The average Bonchev–Trinajstić information content (AvgIpc) is 2.35. The molecule has 0 heterocycles. The van der Waals surface area contributed by atoms with E-state index in [-0.39, 0.29) is 19.6 Å². The number of carbonyl (C=O) groups is 1. The summed E-state index contributed by atoms with van der Waals surface area (Å²) in [6.07, 6.45) is 2.72. The van der Waals surface area contributed by atoms with E-state index in [1.54, 1.807) is 0 Å². The Morgan fingerprint density at radius 1 is 1.33 bits per heavy atom. The normalized spacial score (nSPS) is 12.1. The molecular formula is C13H24O5. The number of esters is 1. The molecule has 0 amide bonds. The summed E-state index contributed by atoms with van der Waals surface area (Å²) in [4.78, 5) is 11.1. The fraction of sp³-hybridized carbons (Fsp3) is 0.769. The molecule has 0 aliphatic rings. The third-order valence-electron chi connectivity index (χ3n) is 2.09. The van der Waals surface area contributed by atoms with Crippen LogP contribution in [-0.2, 0) is 19.0 Å². The first-order chi connectivity index (χ1) is 8.70. The zero-order valence-corrected chi connectivity index (χ0v) is 11.1. The molecule has 1 unspecified atom stereocenters. The highest BCUT2D eigenvalue weighted by Crippen LogP contribution is 1.96. The summed E-state index contributed by atoms with van der Waals surface area (Å²) >= 11 is 0. The van der Waals surface area contributed by atoms with Gasteiger partial charge in [-0.3, -0.25) is 4.79 Å². The Labute approximate surface area is 109 Å². The van der Waals surface area contributed by atoms with Gasteiger partial charge in [-0.1, -0.05) is 26.0 Å². The molecule has 0 fully saturated rings. The molecule has 0 aliphatic heterocycles. The predicted octanol–water partition coefficient (Wildman–Crippen LogP) is 1.30. The van der Waals surface area contributed by atoms with E-state index in [0.29, 0.717) is 13.2 Å². The summed E-state index contributed by atoms with van der Waals surface area (Å²) in [6.45, 7) is 7.46. The maximum absolute atomic E-state index is 11.1. The lowest BCUT2D eigenvalue weighted by Crippen LogP contribution is -2.22. The highest BCUT2D eigenvalue weighted by atomic mass is 16.5. The standard InChI is InChI=1S/C13H24O5/c1-3-5-7-16-8-9-17-11-12(14)10-13(15)18-6-4-2/h4,12,14H,2-3,5-11H2,1H3. The van der Waals surface area contributed by atoms with Crippen molar-refractivity contribution in [1.29, 1.82) is 0 Å². The van der Waals surface area contributed by atoms with Gasteiger partial charge in [-0.05, 0) is 6.42 Å². The molecule has 1 N–H and O–H groups in total. The van der Waals surface area contributed by atoms with Crippen LogP contribution >= 0.6 is 0 Å². The molecule has 0 aromatic carbocycles. The van der Waals surface area contributed by atoms with Gasteiger partial charge in [0.2, 0.25) is 0 Å². The maximum atomic E-state index is 11.1. The Bertz CT molecular complexity index is 217. The molecule has 0 spiro atoms. The average molecular weight is 260 g/mol. The Morgan fingerprint density at radius 3 is 2.72 bits per heavy atom. The van der Waals surface area contributed by atoms with Crippen LogP contribution < -0.4 is 0 Å². The zero-order valence-electron chi connectivity index (χ0n) is 11.1. The first kappa shape index (κ1) is 17.1. The fourth-order valence-corrected chi connectivity index (χ4v) is 1.15. The van der Waals surface area contributed by atoms with Crippen LogP contribution in [-0.4, -0.2) is 50.2 Å². The number of unbranched alkanes of at least 4 members (excludes halogenated alkanes) is 1. The molecule has 106 valence electrons. The first-order valence-corrected chi connectivity index (χ1v) is 6.30. The minimum Gasteiger partial charge on any atom is -0.461 e. The number of ether oxygens (including phenoxy) is 3. The molecule has 18 heavy (non-hydrogen) atoms. The largest absolute Gasteiger partial charge is 0.461 e. The third-order valence-corrected chi connectivity index (χ3v) is 2.09. The third kappa shape index (κ3) is 11.6. The van der Waals surface area contributed by atoms with Gasteiger partial charge in [0.1, 0.15) is 6.61 Å². The number of hydrogen-bond donors (Lipinski definition) is 1. The van der Waals surface area contributed by atoms with Crippen molar-refractivity contribution in [3.05, 3.63) is 12.7 Å². The van der Waals surface area contributed by atoms with Crippen molar-refractivity contribution in [3.63, 3.8) is 0 Å². The number of rotatable bonds is 12. The van der Waals surface area contributed by atoms with Crippen LogP contribution in [0.4, 0.5) is 0 Å². The number of carbonyl (C=O) groups excluding carboxylic acids is 1. The Balaban J connectivity index is 3.33. The van der Waals surface area contributed by atoms with Gasteiger partial charge in [0, 0.05) is 6.61 Å². The van der Waals surface area contributed by atoms with E-state index in [4.69, 9.17) is 14.2 Å². The van der Waals surface area contributed by atoms with E-state index in [1.165, 1.54) is 6.08 Å². The first-order valence-electron chi connectivity index (χ1n) is 6.30. The summed E-state index contributed by atoms with van der Waals surface area (Å²) in [5, 5.41) is 9.47. The number of aliphatic hydroxyl groups excluding tert-OH is 1. The van der Waals surface area contributed by atoms with Gasteiger partial charge in [0.05, 0.1) is 32.3 Å². The van der Waals surface area contributed by atoms with Crippen LogP contribution in [0.25, 0.3) is 0 Å². The van der Waals surface area contributed by atoms with Crippen LogP contribution in [0.3, 0.4) is 0 Å². The second-order valence-corrected chi connectivity index (χ2v) is 3.87. The van der Waals surface area contributed by atoms with Gasteiger partial charge in [-0.25, -0.2) is 0 Å². The SMILES string of the molecule is C=CCOC(=O)CC(O)COCCOCCCC. The molecule has 0 rings (SSSR count). The van der Waals surface area contributed by atoms with Crippen molar-refractivity contribution < 1.29 is 24.1 Å². The smallest absolute Gasteiger partial charge is 0.308 e. The van der Waals surface area contributed by atoms with Gasteiger partial charge < -0.3 is 19.3 Å². The number of aliphatic hydroxyl groups is 1. The van der Waals surface area contributed by atoms with Crippen molar-refractivity contribution in [2.45, 2.75) is 32.3 Å². The van der Waals surface area contributed by atoms with E-state index >= 15 is 0 Å². The Morgan fingerprint density at radius 2 is 2.06 bits per heavy atom. The summed E-state index contributed by atoms with van der Waals surface area (Å²) in [5.41, 5.74) is 0. The quantitative estimate of drug-likeness (QED) is 0.325. The topological polar surface area (TPSA) is 65.0 Å². The van der Waals surface area contributed by atoms with Gasteiger partial charge in [-0.2, -0.15) is 0 Å². The molecule has 1 atom stereocenters. The van der Waals surface area contributed by atoms with Crippen molar-refractivity contribution in [2.75, 3.05) is 33.0 Å². The monoisotopic (exact) mass is 260 g/mol. The van der Waals surface area contributed by atoms with Crippen LogP contribution in [0, 0.1) is 0 Å². The van der Waals surface area contributed by atoms with Crippen molar-refractivity contribution in [3.8, 4) is 0 Å². The van der Waals surface area contributed by atoms with Crippen LogP contribution in [0.15, 0.2) is 12.7 Å². The Kier molecular flexibility index (Phi) is 11.9. The lowest BCUT2D eigenvalue weighted by atomic mass is 10.3. The molecule has 0 aliphatic carbocycles. The van der Waals surface area contributed by atoms with Gasteiger partial charge in [0.25, 0.3) is 0 Å². The van der Waals surface area contributed by atoms with Gasteiger partial charge in [-0.15, -0.1) is 0 Å². The molecule has 0 bridgehead atoms. The van der Waals surface area contributed by atoms with Crippen molar-refractivity contribution >= 4 is 5.97 Å². The van der Waals surface area contributed by atoms with E-state index in [1.807, 2.05) is 0 Å². The molecule has 0 aromatic rings. The maximum Gasteiger partial charge on any atom is 0.308 e. The van der Waals surface area contributed by atoms with E-state index in [0.717, 1.165) is 19.4 Å². The lowest BCUT2D eigenvalue weighted by molar-refractivity contribution is -0.145. The highest BCUT2D eigenvalue weighted by Gasteiger charge is 2.11. The molecule has 0 radical (unpaired) electrons. The second kappa shape index (κ2) is 12.5. The van der Waals surface area contributed by atoms with Gasteiger partial charge >= 0.3 is 5.97 Å². The molecule has 0 saturated heterocycles. The van der Waals surface area contributed by atoms with Crippen LogP contribution in [0.5, 0.6) is 0 Å².